The average Bonchev–Trinajstić information content (AvgIpc) is 2.61. The Morgan fingerprint density at radius 3 is 2.32 bits per heavy atom. The van der Waals surface area contributed by atoms with E-state index in [1.165, 1.54) is 0 Å². The van der Waals surface area contributed by atoms with Gasteiger partial charge in [-0.1, -0.05) is 0 Å². The van der Waals surface area contributed by atoms with E-state index in [1.807, 2.05) is 50.0 Å². The molecule has 1 aliphatic heterocycles. The number of piperazine rings is 1. The van der Waals surface area contributed by atoms with E-state index in [0.29, 0.717) is 18.7 Å². The summed E-state index contributed by atoms with van der Waals surface area (Å²) in [6.45, 7) is 9.86. The van der Waals surface area contributed by atoms with Crippen LogP contribution in [-0.2, 0) is 0 Å². The molecule has 1 aromatic rings. The van der Waals surface area contributed by atoms with Gasteiger partial charge < -0.3 is 19.3 Å². The molecule has 1 fully saturated rings. The number of rotatable bonds is 8. The molecule has 1 amide bonds. The number of likely N-dealkylation sites (N-methyl/N-ethyl adjacent to an activating group) is 1. The van der Waals surface area contributed by atoms with Crippen molar-refractivity contribution < 1.29 is 4.79 Å². The molecule has 7 heteroatoms. The van der Waals surface area contributed by atoms with Gasteiger partial charge in [-0.2, -0.15) is 0 Å². The first-order valence-corrected chi connectivity index (χ1v) is 10.2. The quantitative estimate of drug-likeness (QED) is 0.662. The largest absolute Gasteiger partial charge is 0.336 e. The van der Waals surface area contributed by atoms with E-state index in [0.717, 1.165) is 44.7 Å². The molecule has 7 nitrogen and oxygen atoms in total. The molecule has 1 saturated heterocycles. The minimum atomic E-state index is -0.173. The van der Waals surface area contributed by atoms with Gasteiger partial charge in [0.25, 0.3) is 11.5 Å². The first-order chi connectivity index (χ1) is 13.2. The maximum absolute atomic E-state index is 13.1. The molecule has 1 atom stereocenters. The Morgan fingerprint density at radius 2 is 1.75 bits per heavy atom. The van der Waals surface area contributed by atoms with E-state index < -0.39 is 0 Å². The van der Waals surface area contributed by atoms with Gasteiger partial charge in [-0.05, 0) is 73.2 Å². The summed E-state index contributed by atoms with van der Waals surface area (Å²) in [7, 11) is 8.15. The number of nitrogens with zero attached hydrogens (tertiary/aromatic N) is 5. The fourth-order valence-corrected chi connectivity index (χ4v) is 3.81. The SMILES string of the molecule is Cc1ccn(C(C)CN(C)C)c(=O)c1C(=O)N1CCN(CCCN(C)C)CC1. The summed E-state index contributed by atoms with van der Waals surface area (Å²) in [5.74, 6) is -0.123. The van der Waals surface area contributed by atoms with Crippen LogP contribution >= 0.6 is 0 Å². The van der Waals surface area contributed by atoms with Gasteiger partial charge >= 0.3 is 0 Å². The van der Waals surface area contributed by atoms with E-state index in [9.17, 15) is 9.59 Å². The van der Waals surface area contributed by atoms with E-state index in [4.69, 9.17) is 0 Å². The zero-order chi connectivity index (χ0) is 20.8. The van der Waals surface area contributed by atoms with E-state index >= 15 is 0 Å². The zero-order valence-corrected chi connectivity index (χ0v) is 18.4. The Bertz CT molecular complexity index is 705. The number of hydrogen-bond donors (Lipinski definition) is 0. The topological polar surface area (TPSA) is 52.0 Å². The summed E-state index contributed by atoms with van der Waals surface area (Å²) in [6.07, 6.45) is 2.94. The second-order valence-electron chi connectivity index (χ2n) is 8.49. The minimum absolute atomic E-state index is 0.0168. The first kappa shape index (κ1) is 22.6. The maximum Gasteiger partial charge on any atom is 0.263 e. The molecule has 0 bridgehead atoms. The summed E-state index contributed by atoms with van der Waals surface area (Å²) in [5.41, 5.74) is 0.915. The lowest BCUT2D eigenvalue weighted by molar-refractivity contribution is 0.0630. The van der Waals surface area contributed by atoms with Crippen molar-refractivity contribution in [3.05, 3.63) is 33.7 Å². The smallest absolute Gasteiger partial charge is 0.263 e. The number of carbonyl (C=O) groups is 1. The van der Waals surface area contributed by atoms with Crippen molar-refractivity contribution in [1.82, 2.24) is 24.2 Å². The number of hydrogen-bond acceptors (Lipinski definition) is 5. The van der Waals surface area contributed by atoms with E-state index in [2.05, 4.69) is 23.9 Å². The molecular weight excluding hydrogens is 354 g/mol. The van der Waals surface area contributed by atoms with Crippen LogP contribution in [-0.4, -0.2) is 104 Å². The predicted octanol–water partition coefficient (Wildman–Crippen LogP) is 0.989. The Hall–Kier alpha value is -1.70. The lowest BCUT2D eigenvalue weighted by Gasteiger charge is -2.35. The third kappa shape index (κ3) is 5.90. The summed E-state index contributed by atoms with van der Waals surface area (Å²) >= 11 is 0. The molecule has 1 unspecified atom stereocenters. The van der Waals surface area contributed by atoms with Crippen molar-refractivity contribution in [3.8, 4) is 0 Å². The van der Waals surface area contributed by atoms with Crippen molar-refractivity contribution >= 4 is 5.91 Å². The van der Waals surface area contributed by atoms with Crippen molar-refractivity contribution in [2.24, 2.45) is 0 Å². The monoisotopic (exact) mass is 391 g/mol. The van der Waals surface area contributed by atoms with E-state index in [1.54, 1.807) is 4.57 Å². The third-order valence-electron chi connectivity index (χ3n) is 5.39. The summed E-state index contributed by atoms with van der Waals surface area (Å²) < 4.78 is 1.69. The van der Waals surface area contributed by atoms with Crippen molar-refractivity contribution in [2.45, 2.75) is 26.3 Å². The van der Waals surface area contributed by atoms with Gasteiger partial charge in [-0.15, -0.1) is 0 Å². The Labute approximate surface area is 169 Å². The molecule has 0 radical (unpaired) electrons. The molecule has 1 aromatic heterocycles. The third-order valence-corrected chi connectivity index (χ3v) is 5.39. The van der Waals surface area contributed by atoms with Crippen LogP contribution in [0.4, 0.5) is 0 Å². The minimum Gasteiger partial charge on any atom is -0.336 e. The Morgan fingerprint density at radius 1 is 1.11 bits per heavy atom. The Balaban J connectivity index is 2.05. The zero-order valence-electron chi connectivity index (χ0n) is 18.4. The van der Waals surface area contributed by atoms with Gasteiger partial charge in [0.2, 0.25) is 0 Å². The van der Waals surface area contributed by atoms with Crippen LogP contribution in [0.15, 0.2) is 17.1 Å². The molecule has 0 spiro atoms. The van der Waals surface area contributed by atoms with Gasteiger partial charge in [0.1, 0.15) is 5.56 Å². The summed E-state index contributed by atoms with van der Waals surface area (Å²) in [5, 5.41) is 0. The van der Waals surface area contributed by atoms with Crippen molar-refractivity contribution in [2.75, 3.05) is 74.0 Å². The van der Waals surface area contributed by atoms with Gasteiger partial charge in [0, 0.05) is 45.0 Å². The molecule has 158 valence electrons. The first-order valence-electron chi connectivity index (χ1n) is 10.2. The summed E-state index contributed by atoms with van der Waals surface area (Å²) in [6, 6.07) is 1.90. The number of aromatic nitrogens is 1. The lowest BCUT2D eigenvalue weighted by atomic mass is 10.1. The molecule has 0 N–H and O–H groups in total. The number of carbonyl (C=O) groups excluding carboxylic acids is 1. The van der Waals surface area contributed by atoms with Gasteiger partial charge in [0.05, 0.1) is 0 Å². The highest BCUT2D eigenvalue weighted by atomic mass is 16.2. The highest BCUT2D eigenvalue weighted by Gasteiger charge is 2.26. The maximum atomic E-state index is 13.1. The van der Waals surface area contributed by atoms with Crippen molar-refractivity contribution in [1.29, 1.82) is 0 Å². The van der Waals surface area contributed by atoms with Crippen LogP contribution in [0.2, 0.25) is 0 Å². The fraction of sp³-hybridized carbons (Fsp3) is 0.714. The molecule has 0 aliphatic carbocycles. The van der Waals surface area contributed by atoms with Crippen LogP contribution in [0, 0.1) is 6.92 Å². The molecule has 2 rings (SSSR count). The molecule has 0 saturated carbocycles. The van der Waals surface area contributed by atoms with Gasteiger partial charge in [-0.25, -0.2) is 0 Å². The average molecular weight is 392 g/mol. The second-order valence-corrected chi connectivity index (χ2v) is 8.49. The lowest BCUT2D eigenvalue weighted by Crippen LogP contribution is -2.50. The molecule has 1 aliphatic rings. The second kappa shape index (κ2) is 10.2. The number of amides is 1. The highest BCUT2D eigenvalue weighted by Crippen LogP contribution is 2.12. The standard InChI is InChI=1S/C21H37N5O2/c1-17-8-11-26(18(2)16-23(5)6)21(28)19(17)20(27)25-14-12-24(13-15-25)10-7-9-22(3)4/h8,11,18H,7,9-10,12-16H2,1-6H3. The summed E-state index contributed by atoms with van der Waals surface area (Å²) in [4.78, 5) is 34.7. The predicted molar refractivity (Wildman–Crippen MR) is 114 cm³/mol. The highest BCUT2D eigenvalue weighted by molar-refractivity contribution is 5.95. The molecule has 28 heavy (non-hydrogen) atoms. The normalized spacial score (nSPS) is 16.8. The van der Waals surface area contributed by atoms with Crippen LogP contribution in [0.5, 0.6) is 0 Å². The van der Waals surface area contributed by atoms with Crippen LogP contribution in [0.25, 0.3) is 0 Å². The van der Waals surface area contributed by atoms with Gasteiger partial charge in [0.15, 0.2) is 0 Å². The van der Waals surface area contributed by atoms with Gasteiger partial charge in [-0.3, -0.25) is 14.5 Å². The molecule has 2 heterocycles. The van der Waals surface area contributed by atoms with Crippen LogP contribution in [0.3, 0.4) is 0 Å². The van der Waals surface area contributed by atoms with Crippen LogP contribution in [0.1, 0.15) is 35.3 Å². The number of pyridine rings is 1. The van der Waals surface area contributed by atoms with Crippen molar-refractivity contribution in [3.63, 3.8) is 0 Å². The number of aryl methyl sites for hydroxylation is 1. The fourth-order valence-electron chi connectivity index (χ4n) is 3.81. The van der Waals surface area contributed by atoms with Crippen LogP contribution < -0.4 is 5.56 Å². The molecular formula is C21H37N5O2. The van der Waals surface area contributed by atoms with E-state index in [-0.39, 0.29) is 17.5 Å². The molecule has 0 aromatic carbocycles. The Kier molecular flexibility index (Phi) is 8.22.